The minimum Gasteiger partial charge on any atom is -0.394 e. The van der Waals surface area contributed by atoms with Gasteiger partial charge in [0.2, 0.25) is 5.91 Å². The van der Waals surface area contributed by atoms with E-state index in [9.17, 15) is 15.0 Å². The van der Waals surface area contributed by atoms with Crippen LogP contribution in [-0.2, 0) is 4.79 Å². The van der Waals surface area contributed by atoms with Crippen LogP contribution in [0.5, 0.6) is 0 Å². The number of unbranched alkanes of at least 4 members (excludes halogenated alkanes) is 41. The van der Waals surface area contributed by atoms with Crippen LogP contribution in [0.1, 0.15) is 303 Å². The van der Waals surface area contributed by atoms with Gasteiger partial charge in [0, 0.05) is 6.42 Å². The number of hydrogen-bond acceptors (Lipinski definition) is 3. The molecule has 2 unspecified atom stereocenters. The van der Waals surface area contributed by atoms with E-state index >= 15 is 0 Å². The molecule has 0 saturated carbocycles. The van der Waals surface area contributed by atoms with Gasteiger partial charge in [0.1, 0.15) is 0 Å². The van der Waals surface area contributed by atoms with Crippen LogP contribution in [0.15, 0.2) is 24.3 Å². The fraction of sp³-hybridized carbons (Fsp3) is 0.909. The fourth-order valence-corrected chi connectivity index (χ4v) is 8.53. The van der Waals surface area contributed by atoms with Gasteiger partial charge in [-0.3, -0.25) is 4.79 Å². The molecule has 4 heteroatoms. The summed E-state index contributed by atoms with van der Waals surface area (Å²) >= 11 is 0. The molecule has 2 atom stereocenters. The predicted molar refractivity (Wildman–Crippen MR) is 262 cm³/mol. The number of aliphatic hydroxyl groups is 2. The van der Waals surface area contributed by atoms with Crippen molar-refractivity contribution in [1.29, 1.82) is 0 Å². The zero-order valence-electron chi connectivity index (χ0n) is 40.3. The highest BCUT2D eigenvalue weighted by atomic mass is 16.3. The molecule has 350 valence electrons. The van der Waals surface area contributed by atoms with Crippen LogP contribution in [-0.4, -0.2) is 34.9 Å². The predicted octanol–water partition coefficient (Wildman–Crippen LogP) is 17.5. The van der Waals surface area contributed by atoms with Crippen LogP contribution in [0.2, 0.25) is 0 Å². The van der Waals surface area contributed by atoms with E-state index in [1.165, 1.54) is 250 Å². The van der Waals surface area contributed by atoms with Gasteiger partial charge in [0.15, 0.2) is 0 Å². The first-order valence-electron chi connectivity index (χ1n) is 27.1. The van der Waals surface area contributed by atoms with Crippen molar-refractivity contribution in [2.75, 3.05) is 6.61 Å². The first-order chi connectivity index (χ1) is 29.2. The molecule has 0 heterocycles. The smallest absolute Gasteiger partial charge is 0.220 e. The highest BCUT2D eigenvalue weighted by Crippen LogP contribution is 2.17. The molecule has 1 amide bonds. The van der Waals surface area contributed by atoms with Crippen LogP contribution in [0.3, 0.4) is 0 Å². The minimum absolute atomic E-state index is 0.0688. The van der Waals surface area contributed by atoms with Crippen molar-refractivity contribution < 1.29 is 15.0 Å². The molecule has 0 aromatic rings. The van der Waals surface area contributed by atoms with Crippen LogP contribution in [0, 0.1) is 0 Å². The molecule has 4 nitrogen and oxygen atoms in total. The molecule has 0 bridgehead atoms. The molecule has 0 spiro atoms. The van der Waals surface area contributed by atoms with Crippen molar-refractivity contribution >= 4 is 5.91 Å². The highest BCUT2D eigenvalue weighted by molar-refractivity contribution is 5.76. The number of rotatable bonds is 50. The van der Waals surface area contributed by atoms with E-state index in [0.29, 0.717) is 6.42 Å². The van der Waals surface area contributed by atoms with E-state index in [0.717, 1.165) is 32.1 Å². The maximum Gasteiger partial charge on any atom is 0.220 e. The average molecular weight is 830 g/mol. The van der Waals surface area contributed by atoms with Crippen LogP contribution >= 0.6 is 0 Å². The van der Waals surface area contributed by atoms with Gasteiger partial charge in [0.05, 0.1) is 18.8 Å². The summed E-state index contributed by atoms with van der Waals surface area (Å²) in [6.45, 7) is 4.33. The number of aliphatic hydroxyl groups excluding tert-OH is 2. The zero-order valence-corrected chi connectivity index (χ0v) is 40.3. The van der Waals surface area contributed by atoms with Crippen molar-refractivity contribution in [1.82, 2.24) is 5.32 Å². The number of nitrogens with one attached hydrogen (secondary N) is 1. The van der Waals surface area contributed by atoms with Gasteiger partial charge in [-0.2, -0.15) is 0 Å². The Morgan fingerprint density at radius 3 is 0.932 bits per heavy atom. The Balaban J connectivity index is 3.45. The third-order valence-corrected chi connectivity index (χ3v) is 12.7. The van der Waals surface area contributed by atoms with Gasteiger partial charge >= 0.3 is 0 Å². The molecule has 0 rings (SSSR count). The third-order valence-electron chi connectivity index (χ3n) is 12.7. The summed E-state index contributed by atoms with van der Waals surface area (Å²) < 4.78 is 0. The molecule has 0 fully saturated rings. The first-order valence-corrected chi connectivity index (χ1v) is 27.1. The zero-order chi connectivity index (χ0) is 42.8. The van der Waals surface area contributed by atoms with E-state index in [-0.39, 0.29) is 12.5 Å². The molecule has 59 heavy (non-hydrogen) atoms. The molecular weight excluding hydrogens is 723 g/mol. The fourth-order valence-electron chi connectivity index (χ4n) is 8.53. The SMILES string of the molecule is CCCCCCCCC/C=C\CCCCCCCC(=O)NC(CO)C(O)/C=C/CCCCCCCCCCCCCCCCCCCCCCCCCCCCCCC. The average Bonchev–Trinajstić information content (AvgIpc) is 3.24. The van der Waals surface area contributed by atoms with Crippen LogP contribution in [0.25, 0.3) is 0 Å². The van der Waals surface area contributed by atoms with Crippen molar-refractivity contribution in [3.63, 3.8) is 0 Å². The second kappa shape index (κ2) is 51.2. The van der Waals surface area contributed by atoms with Gasteiger partial charge < -0.3 is 15.5 Å². The highest BCUT2D eigenvalue weighted by Gasteiger charge is 2.18. The summed E-state index contributed by atoms with van der Waals surface area (Å²) in [4.78, 5) is 12.4. The lowest BCUT2D eigenvalue weighted by atomic mass is 10.0. The van der Waals surface area contributed by atoms with E-state index in [1.54, 1.807) is 6.08 Å². The lowest BCUT2D eigenvalue weighted by Crippen LogP contribution is -2.45. The van der Waals surface area contributed by atoms with Crippen LogP contribution in [0.4, 0.5) is 0 Å². The van der Waals surface area contributed by atoms with E-state index in [1.807, 2.05) is 6.08 Å². The Labute approximate surface area is 370 Å². The molecule has 0 saturated heterocycles. The van der Waals surface area contributed by atoms with Crippen molar-refractivity contribution in [2.45, 2.75) is 315 Å². The maximum atomic E-state index is 12.4. The first kappa shape index (κ1) is 57.9. The number of hydrogen-bond donors (Lipinski definition) is 3. The van der Waals surface area contributed by atoms with E-state index in [2.05, 4.69) is 31.3 Å². The molecule has 0 aromatic heterocycles. The van der Waals surface area contributed by atoms with Gasteiger partial charge in [-0.25, -0.2) is 0 Å². The van der Waals surface area contributed by atoms with Gasteiger partial charge in [-0.1, -0.05) is 276 Å². The minimum atomic E-state index is -0.841. The summed E-state index contributed by atoms with van der Waals surface area (Å²) in [5.74, 6) is -0.0688. The molecular formula is C55H107NO3. The number of allylic oxidation sites excluding steroid dienone is 3. The summed E-state index contributed by atoms with van der Waals surface area (Å²) in [6, 6.07) is -0.625. The summed E-state index contributed by atoms with van der Waals surface area (Å²) in [6.07, 6.45) is 67.7. The summed E-state index contributed by atoms with van der Waals surface area (Å²) in [5, 5.41) is 23.1. The maximum absolute atomic E-state index is 12.4. The molecule has 0 aliphatic rings. The Hall–Kier alpha value is -1.13. The third kappa shape index (κ3) is 47.8. The quantitative estimate of drug-likeness (QED) is 0.0422. The molecule has 0 radical (unpaired) electrons. The molecule has 0 aliphatic carbocycles. The van der Waals surface area contributed by atoms with Gasteiger partial charge in [-0.15, -0.1) is 0 Å². The molecule has 3 N–H and O–H groups in total. The Morgan fingerprint density at radius 2 is 0.644 bits per heavy atom. The van der Waals surface area contributed by atoms with Gasteiger partial charge in [0.25, 0.3) is 0 Å². The topological polar surface area (TPSA) is 69.6 Å². The van der Waals surface area contributed by atoms with Crippen molar-refractivity contribution in [3.8, 4) is 0 Å². The standard InChI is InChI=1S/C55H107NO3/c1-3-5-7-9-11-13-15-17-19-21-22-23-24-25-26-27-28-29-30-31-32-33-34-35-36-38-40-42-44-46-48-50-54(58)53(52-57)56-55(59)51-49-47-45-43-41-39-37-20-18-16-14-12-10-8-6-4-2/h20,37,48,50,53-54,57-58H,3-19,21-36,38-47,49,51-52H2,1-2H3,(H,56,59)/b37-20-,50-48+. The molecule has 0 aliphatic heterocycles. The lowest BCUT2D eigenvalue weighted by Gasteiger charge is -2.20. The lowest BCUT2D eigenvalue weighted by molar-refractivity contribution is -0.123. The van der Waals surface area contributed by atoms with Crippen molar-refractivity contribution in [3.05, 3.63) is 24.3 Å². The molecule has 0 aromatic carbocycles. The summed E-state index contributed by atoms with van der Waals surface area (Å²) in [5.41, 5.74) is 0. The number of carbonyl (C=O) groups excluding carboxylic acids is 1. The number of carbonyl (C=O) groups is 1. The monoisotopic (exact) mass is 830 g/mol. The van der Waals surface area contributed by atoms with Crippen LogP contribution < -0.4 is 5.32 Å². The Kier molecular flexibility index (Phi) is 50.2. The normalized spacial score (nSPS) is 12.9. The second-order valence-electron chi connectivity index (χ2n) is 18.7. The Bertz CT molecular complexity index is 855. The summed E-state index contributed by atoms with van der Waals surface area (Å²) in [7, 11) is 0. The van der Waals surface area contributed by atoms with E-state index < -0.39 is 12.1 Å². The second-order valence-corrected chi connectivity index (χ2v) is 18.7. The van der Waals surface area contributed by atoms with Gasteiger partial charge in [-0.05, 0) is 44.9 Å². The Morgan fingerprint density at radius 1 is 0.390 bits per heavy atom. The van der Waals surface area contributed by atoms with E-state index in [4.69, 9.17) is 0 Å². The largest absolute Gasteiger partial charge is 0.394 e. The number of amides is 1. The van der Waals surface area contributed by atoms with Crippen molar-refractivity contribution in [2.24, 2.45) is 0 Å².